The molecule has 2 saturated heterocycles. The highest BCUT2D eigenvalue weighted by atomic mass is 16.5. The van der Waals surface area contributed by atoms with Crippen molar-refractivity contribution in [3.05, 3.63) is 0 Å². The first-order valence-electron chi connectivity index (χ1n) is 5.62. The van der Waals surface area contributed by atoms with Crippen LogP contribution in [0, 0.1) is 0 Å². The van der Waals surface area contributed by atoms with Gasteiger partial charge in [0, 0.05) is 38.8 Å². The van der Waals surface area contributed by atoms with E-state index in [1.165, 1.54) is 0 Å². The maximum atomic E-state index is 12.1. The summed E-state index contributed by atoms with van der Waals surface area (Å²) in [6.07, 6.45) is -0.278. The molecule has 5 heteroatoms. The lowest BCUT2D eigenvalue weighted by molar-refractivity contribution is -0.148. The summed E-state index contributed by atoms with van der Waals surface area (Å²) >= 11 is 0. The molecule has 5 nitrogen and oxygen atoms in total. The molecule has 2 heterocycles. The molecule has 0 bridgehead atoms. The number of carbonyl (C=O) groups is 1. The molecule has 2 aliphatic heterocycles. The van der Waals surface area contributed by atoms with E-state index >= 15 is 0 Å². The van der Waals surface area contributed by atoms with Crippen LogP contribution in [0.1, 0.15) is 6.92 Å². The van der Waals surface area contributed by atoms with Gasteiger partial charge in [0.15, 0.2) is 0 Å². The van der Waals surface area contributed by atoms with Gasteiger partial charge in [0.1, 0.15) is 6.10 Å². The Morgan fingerprint density at radius 1 is 1.33 bits per heavy atom. The van der Waals surface area contributed by atoms with Crippen LogP contribution in [0.2, 0.25) is 0 Å². The molecule has 2 rings (SSSR count). The Morgan fingerprint density at radius 2 is 2.13 bits per heavy atom. The van der Waals surface area contributed by atoms with Gasteiger partial charge in [-0.15, -0.1) is 0 Å². The van der Waals surface area contributed by atoms with Crippen LogP contribution in [-0.2, 0) is 9.53 Å². The predicted molar refractivity (Wildman–Crippen MR) is 56.7 cm³/mol. The SMILES string of the molecule is C[C@@H]1CNCCN1C(=O)[C@H]1CNCCO1. The molecular weight excluding hydrogens is 194 g/mol. The second-order valence-electron chi connectivity index (χ2n) is 4.15. The van der Waals surface area contributed by atoms with E-state index in [2.05, 4.69) is 17.6 Å². The van der Waals surface area contributed by atoms with Crippen LogP contribution >= 0.6 is 0 Å². The Labute approximate surface area is 90.1 Å². The van der Waals surface area contributed by atoms with E-state index in [1.54, 1.807) is 0 Å². The minimum absolute atomic E-state index is 0.135. The van der Waals surface area contributed by atoms with Gasteiger partial charge in [-0.1, -0.05) is 0 Å². The molecule has 0 unspecified atom stereocenters. The molecule has 2 aliphatic rings. The van der Waals surface area contributed by atoms with Crippen LogP contribution in [0.5, 0.6) is 0 Å². The number of hydrogen-bond donors (Lipinski definition) is 2. The number of rotatable bonds is 1. The fourth-order valence-electron chi connectivity index (χ4n) is 2.08. The normalized spacial score (nSPS) is 32.7. The Hall–Kier alpha value is -0.650. The number of nitrogens with one attached hydrogen (secondary N) is 2. The van der Waals surface area contributed by atoms with Crippen molar-refractivity contribution in [2.75, 3.05) is 39.3 Å². The minimum Gasteiger partial charge on any atom is -0.366 e. The fourth-order valence-corrected chi connectivity index (χ4v) is 2.08. The second kappa shape index (κ2) is 4.92. The van der Waals surface area contributed by atoms with Crippen molar-refractivity contribution < 1.29 is 9.53 Å². The first kappa shape index (κ1) is 10.9. The predicted octanol–water partition coefficient (Wildman–Crippen LogP) is -1.20. The highest BCUT2D eigenvalue weighted by Crippen LogP contribution is 2.08. The van der Waals surface area contributed by atoms with Crippen LogP contribution < -0.4 is 10.6 Å². The fraction of sp³-hybridized carbons (Fsp3) is 0.900. The Bertz CT molecular complexity index is 229. The van der Waals surface area contributed by atoms with Gasteiger partial charge < -0.3 is 20.3 Å². The lowest BCUT2D eigenvalue weighted by Gasteiger charge is -2.37. The molecule has 1 amide bonds. The number of piperazine rings is 1. The zero-order valence-corrected chi connectivity index (χ0v) is 9.16. The standard InChI is InChI=1S/C10H19N3O2/c1-8-6-11-2-4-13(8)10(14)9-7-12-3-5-15-9/h8-9,11-12H,2-7H2,1H3/t8-,9-/m1/s1. The lowest BCUT2D eigenvalue weighted by atomic mass is 10.1. The summed E-state index contributed by atoms with van der Waals surface area (Å²) in [5.74, 6) is 0.135. The highest BCUT2D eigenvalue weighted by Gasteiger charge is 2.30. The summed E-state index contributed by atoms with van der Waals surface area (Å²) in [6, 6.07) is 0.275. The van der Waals surface area contributed by atoms with Crippen molar-refractivity contribution in [1.29, 1.82) is 0 Å². The van der Waals surface area contributed by atoms with Gasteiger partial charge in [-0.2, -0.15) is 0 Å². The summed E-state index contributed by atoms with van der Waals surface area (Å²) in [6.45, 7) is 6.76. The quantitative estimate of drug-likeness (QED) is 0.574. The van der Waals surface area contributed by atoms with E-state index in [0.717, 1.165) is 26.2 Å². The molecule has 15 heavy (non-hydrogen) atoms. The van der Waals surface area contributed by atoms with Crippen molar-refractivity contribution in [2.45, 2.75) is 19.1 Å². The number of carbonyl (C=O) groups excluding carboxylic acids is 1. The molecule has 86 valence electrons. The summed E-state index contributed by atoms with van der Waals surface area (Å²) < 4.78 is 5.47. The van der Waals surface area contributed by atoms with Gasteiger partial charge >= 0.3 is 0 Å². The molecule has 2 fully saturated rings. The van der Waals surface area contributed by atoms with E-state index in [-0.39, 0.29) is 18.1 Å². The van der Waals surface area contributed by atoms with Gasteiger partial charge in [0.25, 0.3) is 5.91 Å². The molecule has 0 radical (unpaired) electrons. The largest absolute Gasteiger partial charge is 0.366 e. The highest BCUT2D eigenvalue weighted by molar-refractivity contribution is 5.81. The van der Waals surface area contributed by atoms with Crippen LogP contribution in [0.4, 0.5) is 0 Å². The zero-order chi connectivity index (χ0) is 10.7. The summed E-state index contributed by atoms with van der Waals surface area (Å²) in [7, 11) is 0. The number of nitrogens with zero attached hydrogens (tertiary/aromatic N) is 1. The van der Waals surface area contributed by atoms with Crippen molar-refractivity contribution in [3.63, 3.8) is 0 Å². The van der Waals surface area contributed by atoms with Crippen LogP contribution in [0.3, 0.4) is 0 Å². The maximum absolute atomic E-state index is 12.1. The molecule has 0 spiro atoms. The van der Waals surface area contributed by atoms with Crippen LogP contribution in [0.15, 0.2) is 0 Å². The van der Waals surface area contributed by atoms with E-state index < -0.39 is 0 Å². The third kappa shape index (κ3) is 2.48. The Morgan fingerprint density at radius 3 is 2.80 bits per heavy atom. The average molecular weight is 213 g/mol. The second-order valence-corrected chi connectivity index (χ2v) is 4.15. The van der Waals surface area contributed by atoms with Gasteiger partial charge in [0.05, 0.1) is 6.61 Å². The van der Waals surface area contributed by atoms with Gasteiger partial charge in [0.2, 0.25) is 0 Å². The lowest BCUT2D eigenvalue weighted by Crippen LogP contribution is -2.57. The van der Waals surface area contributed by atoms with E-state index in [0.29, 0.717) is 13.2 Å². The molecule has 0 saturated carbocycles. The third-order valence-electron chi connectivity index (χ3n) is 2.99. The summed E-state index contributed by atoms with van der Waals surface area (Å²) in [5.41, 5.74) is 0. The average Bonchev–Trinajstić information content (AvgIpc) is 2.30. The minimum atomic E-state index is -0.278. The topological polar surface area (TPSA) is 53.6 Å². The van der Waals surface area contributed by atoms with Crippen molar-refractivity contribution in [3.8, 4) is 0 Å². The molecule has 0 aromatic heterocycles. The maximum Gasteiger partial charge on any atom is 0.253 e. The molecule has 2 atom stereocenters. The van der Waals surface area contributed by atoms with E-state index in [4.69, 9.17) is 4.74 Å². The van der Waals surface area contributed by atoms with Crippen molar-refractivity contribution in [1.82, 2.24) is 15.5 Å². The Balaban J connectivity index is 1.92. The van der Waals surface area contributed by atoms with Crippen molar-refractivity contribution >= 4 is 5.91 Å². The number of amides is 1. The number of morpholine rings is 1. The smallest absolute Gasteiger partial charge is 0.253 e. The summed E-state index contributed by atoms with van der Waals surface area (Å²) in [5, 5.41) is 6.45. The van der Waals surface area contributed by atoms with Crippen LogP contribution in [-0.4, -0.2) is 62.3 Å². The number of ether oxygens (including phenoxy) is 1. The monoisotopic (exact) mass is 213 g/mol. The molecule has 2 N–H and O–H groups in total. The molecular formula is C10H19N3O2. The van der Waals surface area contributed by atoms with E-state index in [9.17, 15) is 4.79 Å². The number of hydrogen-bond acceptors (Lipinski definition) is 4. The van der Waals surface area contributed by atoms with Gasteiger partial charge in [-0.05, 0) is 6.92 Å². The van der Waals surface area contributed by atoms with Crippen molar-refractivity contribution in [2.24, 2.45) is 0 Å². The van der Waals surface area contributed by atoms with E-state index in [1.807, 2.05) is 4.90 Å². The summed E-state index contributed by atoms with van der Waals surface area (Å²) in [4.78, 5) is 14.0. The Kier molecular flexibility index (Phi) is 3.56. The first-order valence-corrected chi connectivity index (χ1v) is 5.62. The van der Waals surface area contributed by atoms with Crippen LogP contribution in [0.25, 0.3) is 0 Å². The first-order chi connectivity index (χ1) is 7.29. The molecule has 0 aliphatic carbocycles. The van der Waals surface area contributed by atoms with Gasteiger partial charge in [-0.25, -0.2) is 0 Å². The molecule has 0 aromatic carbocycles. The third-order valence-corrected chi connectivity index (χ3v) is 2.99. The molecule has 0 aromatic rings. The zero-order valence-electron chi connectivity index (χ0n) is 9.16. The van der Waals surface area contributed by atoms with Gasteiger partial charge in [-0.3, -0.25) is 4.79 Å².